The smallest absolute Gasteiger partial charge is 0.229 e. The Kier molecular flexibility index (Phi) is 4.81. The number of aromatic amines is 1. The normalized spacial score (nSPS) is 11.4. The fourth-order valence-corrected chi connectivity index (χ4v) is 3.52. The first-order valence-electron chi connectivity index (χ1n) is 8.88. The van der Waals surface area contributed by atoms with Crippen LogP contribution in [-0.2, 0) is 10.0 Å². The third-order valence-electron chi connectivity index (χ3n) is 4.13. The van der Waals surface area contributed by atoms with Crippen LogP contribution in [0.4, 0.5) is 28.8 Å². The zero-order valence-electron chi connectivity index (χ0n) is 15.9. The van der Waals surface area contributed by atoms with Gasteiger partial charge in [-0.2, -0.15) is 4.98 Å². The summed E-state index contributed by atoms with van der Waals surface area (Å²) in [5, 5.41) is 7.52. The van der Waals surface area contributed by atoms with E-state index in [-0.39, 0.29) is 0 Å². The second-order valence-corrected chi connectivity index (χ2v) is 8.47. The highest BCUT2D eigenvalue weighted by Gasteiger charge is 2.05. The summed E-state index contributed by atoms with van der Waals surface area (Å²) in [5.41, 5.74) is 4.36. The monoisotopic (exact) mass is 408 g/mol. The number of sulfonamides is 1. The van der Waals surface area contributed by atoms with Crippen LogP contribution in [0, 0.1) is 6.92 Å². The Hall–Kier alpha value is -3.59. The molecule has 4 rings (SSSR count). The molecule has 2 heterocycles. The van der Waals surface area contributed by atoms with E-state index in [1.165, 1.54) is 0 Å². The molecule has 2 aromatic carbocycles. The number of nitrogens with zero attached hydrogens (tertiary/aromatic N) is 2. The second-order valence-electron chi connectivity index (χ2n) is 6.72. The molecule has 0 bridgehead atoms. The molecule has 4 N–H and O–H groups in total. The molecule has 9 heteroatoms. The van der Waals surface area contributed by atoms with Crippen LogP contribution in [0.2, 0.25) is 0 Å². The molecular weight excluding hydrogens is 388 g/mol. The van der Waals surface area contributed by atoms with Crippen LogP contribution in [0.15, 0.2) is 60.8 Å². The highest BCUT2D eigenvalue weighted by atomic mass is 32.2. The van der Waals surface area contributed by atoms with E-state index in [2.05, 4.69) is 42.4 Å². The van der Waals surface area contributed by atoms with Gasteiger partial charge in [0.1, 0.15) is 5.82 Å². The number of fused-ring (bicyclic) bond motifs is 1. The summed E-state index contributed by atoms with van der Waals surface area (Å²) in [7, 11) is -3.30. The lowest BCUT2D eigenvalue weighted by atomic mass is 10.2. The summed E-state index contributed by atoms with van der Waals surface area (Å²) in [4.78, 5) is 12.0. The molecule has 0 aliphatic rings. The van der Waals surface area contributed by atoms with Crippen LogP contribution in [0.1, 0.15) is 5.69 Å². The number of nitrogens with one attached hydrogen (secondary N) is 4. The first-order valence-corrected chi connectivity index (χ1v) is 10.8. The van der Waals surface area contributed by atoms with Gasteiger partial charge in [0, 0.05) is 39.9 Å². The van der Waals surface area contributed by atoms with Crippen LogP contribution >= 0.6 is 0 Å². The van der Waals surface area contributed by atoms with Crippen LogP contribution in [0.25, 0.3) is 10.9 Å². The Morgan fingerprint density at radius 2 is 1.62 bits per heavy atom. The van der Waals surface area contributed by atoms with Crippen molar-refractivity contribution < 1.29 is 8.42 Å². The van der Waals surface area contributed by atoms with E-state index < -0.39 is 10.0 Å². The molecule has 0 saturated heterocycles. The molecule has 148 valence electrons. The summed E-state index contributed by atoms with van der Waals surface area (Å²) in [5.74, 6) is 1.09. The van der Waals surface area contributed by atoms with Crippen molar-refractivity contribution in [3.8, 4) is 0 Å². The molecule has 4 aromatic rings. The lowest BCUT2D eigenvalue weighted by Gasteiger charge is -2.09. The molecule has 0 radical (unpaired) electrons. The van der Waals surface area contributed by atoms with Crippen LogP contribution in [-0.4, -0.2) is 29.6 Å². The van der Waals surface area contributed by atoms with Crippen LogP contribution in [0.3, 0.4) is 0 Å². The standard InChI is InChI=1S/C20H20N6O2S/c1-13-11-14-12-17(7-8-18(14)22-13)23-19-9-10-21-20(25-19)24-15-3-5-16(6-4-15)26-29(2,27)28/h3-12,22,26H,1-2H3,(H2,21,23,24,25). The fourth-order valence-electron chi connectivity index (χ4n) is 2.96. The average Bonchev–Trinajstić information content (AvgIpc) is 3.02. The van der Waals surface area contributed by atoms with E-state index in [1.54, 1.807) is 36.5 Å². The molecule has 0 aliphatic carbocycles. The van der Waals surface area contributed by atoms with Gasteiger partial charge in [-0.15, -0.1) is 0 Å². The largest absolute Gasteiger partial charge is 0.359 e. The molecule has 0 amide bonds. The number of H-pyrrole nitrogens is 1. The maximum absolute atomic E-state index is 11.3. The molecule has 0 spiro atoms. The van der Waals surface area contributed by atoms with Crippen molar-refractivity contribution in [2.45, 2.75) is 6.92 Å². The zero-order valence-corrected chi connectivity index (χ0v) is 16.7. The summed E-state index contributed by atoms with van der Waals surface area (Å²) >= 11 is 0. The van der Waals surface area contributed by atoms with Crippen molar-refractivity contribution in [2.75, 3.05) is 21.6 Å². The number of hydrogen-bond donors (Lipinski definition) is 4. The topological polar surface area (TPSA) is 112 Å². The van der Waals surface area contributed by atoms with Crippen molar-refractivity contribution in [3.05, 3.63) is 66.5 Å². The van der Waals surface area contributed by atoms with Gasteiger partial charge in [-0.3, -0.25) is 4.72 Å². The van der Waals surface area contributed by atoms with E-state index in [4.69, 9.17) is 0 Å². The highest BCUT2D eigenvalue weighted by molar-refractivity contribution is 7.92. The SMILES string of the molecule is Cc1cc2cc(Nc3ccnc(Nc4ccc(NS(C)(=O)=O)cc4)n3)ccc2[nH]1. The number of hydrogen-bond acceptors (Lipinski definition) is 6. The predicted molar refractivity (Wildman–Crippen MR) is 117 cm³/mol. The van der Waals surface area contributed by atoms with Crippen molar-refractivity contribution >= 4 is 49.8 Å². The Morgan fingerprint density at radius 3 is 2.38 bits per heavy atom. The lowest BCUT2D eigenvalue weighted by molar-refractivity contribution is 0.607. The molecular formula is C20H20N6O2S. The lowest BCUT2D eigenvalue weighted by Crippen LogP contribution is -2.09. The van der Waals surface area contributed by atoms with Gasteiger partial charge in [-0.25, -0.2) is 13.4 Å². The number of aryl methyl sites for hydroxylation is 1. The molecule has 0 fully saturated rings. The molecule has 0 atom stereocenters. The van der Waals surface area contributed by atoms with Crippen LogP contribution in [0.5, 0.6) is 0 Å². The Labute approximate surface area is 168 Å². The zero-order chi connectivity index (χ0) is 20.4. The van der Waals surface area contributed by atoms with Gasteiger partial charge in [0.15, 0.2) is 0 Å². The highest BCUT2D eigenvalue weighted by Crippen LogP contribution is 2.23. The third-order valence-corrected chi connectivity index (χ3v) is 4.73. The number of aromatic nitrogens is 3. The van der Waals surface area contributed by atoms with Crippen molar-refractivity contribution in [1.29, 1.82) is 0 Å². The Morgan fingerprint density at radius 1 is 0.897 bits per heavy atom. The maximum Gasteiger partial charge on any atom is 0.229 e. The molecule has 8 nitrogen and oxygen atoms in total. The molecule has 0 saturated carbocycles. The average molecular weight is 408 g/mol. The summed E-state index contributed by atoms with van der Waals surface area (Å²) in [6.45, 7) is 2.03. The van der Waals surface area contributed by atoms with Crippen molar-refractivity contribution in [1.82, 2.24) is 15.0 Å². The summed E-state index contributed by atoms with van der Waals surface area (Å²) in [6.07, 6.45) is 2.77. The predicted octanol–water partition coefficient (Wildman–Crippen LogP) is 4.13. The Bertz CT molecular complexity index is 1270. The molecule has 2 aromatic heterocycles. The van der Waals surface area contributed by atoms with Gasteiger partial charge in [-0.05, 0) is 61.5 Å². The van der Waals surface area contributed by atoms with Gasteiger partial charge in [0.2, 0.25) is 16.0 Å². The number of rotatable bonds is 6. The van der Waals surface area contributed by atoms with Gasteiger partial charge in [0.05, 0.1) is 6.26 Å². The van der Waals surface area contributed by atoms with E-state index in [0.29, 0.717) is 17.5 Å². The molecule has 29 heavy (non-hydrogen) atoms. The van der Waals surface area contributed by atoms with Gasteiger partial charge >= 0.3 is 0 Å². The van der Waals surface area contributed by atoms with Crippen molar-refractivity contribution in [3.63, 3.8) is 0 Å². The van der Waals surface area contributed by atoms with E-state index >= 15 is 0 Å². The minimum atomic E-state index is -3.30. The second kappa shape index (κ2) is 7.44. The van der Waals surface area contributed by atoms with E-state index in [9.17, 15) is 8.42 Å². The van der Waals surface area contributed by atoms with E-state index in [1.807, 2.05) is 19.1 Å². The quantitative estimate of drug-likeness (QED) is 0.382. The van der Waals surface area contributed by atoms with Gasteiger partial charge in [-0.1, -0.05) is 0 Å². The maximum atomic E-state index is 11.3. The summed E-state index contributed by atoms with van der Waals surface area (Å²) in [6, 6.07) is 16.8. The van der Waals surface area contributed by atoms with E-state index in [0.717, 1.165) is 34.2 Å². The minimum absolute atomic E-state index is 0.428. The Balaban J connectivity index is 1.48. The number of anilines is 5. The first kappa shape index (κ1) is 18.8. The van der Waals surface area contributed by atoms with Crippen LogP contribution < -0.4 is 15.4 Å². The van der Waals surface area contributed by atoms with Crippen molar-refractivity contribution in [2.24, 2.45) is 0 Å². The third kappa shape index (κ3) is 4.82. The fraction of sp³-hybridized carbons (Fsp3) is 0.100. The first-order chi connectivity index (χ1) is 13.8. The summed E-state index contributed by atoms with van der Waals surface area (Å²) < 4.78 is 25.0. The van der Waals surface area contributed by atoms with Gasteiger partial charge in [0.25, 0.3) is 0 Å². The number of benzene rings is 2. The molecule has 0 unspecified atom stereocenters. The molecule has 0 aliphatic heterocycles. The van der Waals surface area contributed by atoms with Gasteiger partial charge < -0.3 is 15.6 Å². The minimum Gasteiger partial charge on any atom is -0.359 e.